The number of nitrogens with zero attached hydrogens (tertiary/aromatic N) is 2. The number of aromatic nitrogens is 2. The molecule has 0 spiro atoms. The van der Waals surface area contributed by atoms with Gasteiger partial charge < -0.3 is 10.1 Å². The molecule has 7 heteroatoms. The van der Waals surface area contributed by atoms with E-state index < -0.39 is 0 Å². The maximum Gasteiger partial charge on any atom is 0.261 e. The lowest BCUT2D eigenvalue weighted by atomic mass is 10.1. The lowest BCUT2D eigenvalue weighted by molar-refractivity contribution is -0.121. The lowest BCUT2D eigenvalue weighted by Gasteiger charge is -2.09. The van der Waals surface area contributed by atoms with Crippen LogP contribution in [0.1, 0.15) is 24.0 Å². The first-order valence-corrected chi connectivity index (χ1v) is 10.7. The number of para-hydroxylation sites is 1. The first-order chi connectivity index (χ1) is 16.0. The van der Waals surface area contributed by atoms with Crippen molar-refractivity contribution in [3.8, 4) is 11.5 Å². The van der Waals surface area contributed by atoms with Crippen LogP contribution in [0.3, 0.4) is 0 Å². The van der Waals surface area contributed by atoms with Gasteiger partial charge in [-0.05, 0) is 66.9 Å². The second kappa shape index (κ2) is 10.1. The van der Waals surface area contributed by atoms with Gasteiger partial charge in [-0.3, -0.25) is 14.2 Å². The zero-order valence-electron chi connectivity index (χ0n) is 18.3. The predicted molar refractivity (Wildman–Crippen MR) is 125 cm³/mol. The van der Waals surface area contributed by atoms with Crippen molar-refractivity contribution in [2.24, 2.45) is 0 Å². The molecule has 0 saturated heterocycles. The fourth-order valence-electron chi connectivity index (χ4n) is 3.51. The number of rotatable bonds is 8. The molecule has 0 unspecified atom stereocenters. The molecule has 168 valence electrons. The van der Waals surface area contributed by atoms with Crippen molar-refractivity contribution >= 4 is 16.8 Å². The Hall–Kier alpha value is -4.00. The number of halogens is 1. The molecule has 1 N–H and O–H groups in total. The van der Waals surface area contributed by atoms with Gasteiger partial charge in [0.25, 0.3) is 5.56 Å². The first kappa shape index (κ1) is 22.2. The van der Waals surface area contributed by atoms with E-state index in [-0.39, 0.29) is 17.3 Å². The van der Waals surface area contributed by atoms with E-state index in [4.69, 9.17) is 4.74 Å². The molecule has 0 aliphatic rings. The standard InChI is InChI=1S/C26H24FN3O3/c1-18-4-2-5-23-25(18)29-17-30(26(23)32)15-3-6-24(31)28-16-19-7-11-21(12-8-19)33-22-13-9-20(27)10-14-22/h2,4-5,7-14,17H,3,6,15-16H2,1H3,(H,28,31). The summed E-state index contributed by atoms with van der Waals surface area (Å²) in [7, 11) is 0. The van der Waals surface area contributed by atoms with Crippen molar-refractivity contribution in [1.29, 1.82) is 0 Å². The molecule has 1 amide bonds. The van der Waals surface area contributed by atoms with Crippen molar-refractivity contribution in [1.82, 2.24) is 14.9 Å². The van der Waals surface area contributed by atoms with E-state index in [1.165, 1.54) is 12.1 Å². The molecule has 4 rings (SSSR count). The summed E-state index contributed by atoms with van der Waals surface area (Å²) in [5.74, 6) is 0.776. The highest BCUT2D eigenvalue weighted by Crippen LogP contribution is 2.21. The zero-order chi connectivity index (χ0) is 23.2. The highest BCUT2D eigenvalue weighted by Gasteiger charge is 2.07. The number of amides is 1. The van der Waals surface area contributed by atoms with Crippen LogP contribution in [0.25, 0.3) is 10.9 Å². The third-order valence-corrected chi connectivity index (χ3v) is 5.32. The minimum atomic E-state index is -0.315. The molecule has 3 aromatic carbocycles. The van der Waals surface area contributed by atoms with Crippen LogP contribution >= 0.6 is 0 Å². The zero-order valence-corrected chi connectivity index (χ0v) is 18.3. The molecule has 0 bridgehead atoms. The van der Waals surface area contributed by atoms with Gasteiger partial charge in [-0.2, -0.15) is 0 Å². The Balaban J connectivity index is 1.24. The number of aryl methyl sites for hydroxylation is 2. The summed E-state index contributed by atoms with van der Waals surface area (Å²) < 4.78 is 20.2. The predicted octanol–water partition coefficient (Wildman–Crippen LogP) is 4.73. The fourth-order valence-corrected chi connectivity index (χ4v) is 3.51. The molecule has 1 aromatic heterocycles. The summed E-state index contributed by atoms with van der Waals surface area (Å²) in [5, 5.41) is 3.48. The number of carbonyl (C=O) groups excluding carboxylic acids is 1. The highest BCUT2D eigenvalue weighted by atomic mass is 19.1. The second-order valence-electron chi connectivity index (χ2n) is 7.79. The van der Waals surface area contributed by atoms with Gasteiger partial charge >= 0.3 is 0 Å². The van der Waals surface area contributed by atoms with Gasteiger partial charge in [-0.15, -0.1) is 0 Å². The molecule has 0 aliphatic heterocycles. The monoisotopic (exact) mass is 445 g/mol. The van der Waals surface area contributed by atoms with Gasteiger partial charge in [-0.25, -0.2) is 9.37 Å². The Kier molecular flexibility index (Phi) is 6.78. The summed E-state index contributed by atoms with van der Waals surface area (Å²) in [4.78, 5) is 29.2. The minimum absolute atomic E-state index is 0.0840. The molecular weight excluding hydrogens is 421 g/mol. The van der Waals surface area contributed by atoms with Crippen molar-refractivity contribution in [2.75, 3.05) is 0 Å². The van der Waals surface area contributed by atoms with E-state index in [2.05, 4.69) is 10.3 Å². The van der Waals surface area contributed by atoms with Crippen molar-refractivity contribution in [3.63, 3.8) is 0 Å². The number of fused-ring (bicyclic) bond motifs is 1. The van der Waals surface area contributed by atoms with Crippen LogP contribution in [-0.4, -0.2) is 15.5 Å². The summed E-state index contributed by atoms with van der Waals surface area (Å²) in [6, 6.07) is 18.7. The smallest absolute Gasteiger partial charge is 0.261 e. The van der Waals surface area contributed by atoms with E-state index in [9.17, 15) is 14.0 Å². The number of benzene rings is 3. The molecule has 0 atom stereocenters. The molecule has 0 saturated carbocycles. The quantitative estimate of drug-likeness (QED) is 0.425. The number of carbonyl (C=O) groups is 1. The van der Waals surface area contributed by atoms with Gasteiger partial charge in [-0.1, -0.05) is 24.3 Å². The third-order valence-electron chi connectivity index (χ3n) is 5.32. The Labute approximate surface area is 190 Å². The SMILES string of the molecule is Cc1cccc2c(=O)n(CCCC(=O)NCc3ccc(Oc4ccc(F)cc4)cc3)cnc12. The van der Waals surface area contributed by atoms with E-state index in [0.717, 1.165) is 11.1 Å². The largest absolute Gasteiger partial charge is 0.457 e. The van der Waals surface area contributed by atoms with Crippen LogP contribution < -0.4 is 15.6 Å². The molecule has 0 fully saturated rings. The Morgan fingerprint density at radius 2 is 1.73 bits per heavy atom. The number of hydrogen-bond donors (Lipinski definition) is 1. The van der Waals surface area contributed by atoms with Crippen LogP contribution in [0, 0.1) is 12.7 Å². The summed E-state index contributed by atoms with van der Waals surface area (Å²) in [6.07, 6.45) is 2.39. The maximum atomic E-state index is 13.0. The highest BCUT2D eigenvalue weighted by molar-refractivity contribution is 5.80. The van der Waals surface area contributed by atoms with E-state index in [0.29, 0.717) is 48.3 Å². The van der Waals surface area contributed by atoms with Gasteiger partial charge in [0.15, 0.2) is 0 Å². The molecule has 6 nitrogen and oxygen atoms in total. The van der Waals surface area contributed by atoms with Crippen LogP contribution in [0.4, 0.5) is 4.39 Å². The summed E-state index contributed by atoms with van der Waals surface area (Å²) >= 11 is 0. The lowest BCUT2D eigenvalue weighted by Crippen LogP contribution is -2.24. The topological polar surface area (TPSA) is 73.2 Å². The molecule has 4 aromatic rings. The molecule has 0 aliphatic carbocycles. The minimum Gasteiger partial charge on any atom is -0.457 e. The first-order valence-electron chi connectivity index (χ1n) is 10.7. The Morgan fingerprint density at radius 1 is 1.03 bits per heavy atom. The van der Waals surface area contributed by atoms with Crippen LogP contribution in [0.2, 0.25) is 0 Å². The second-order valence-corrected chi connectivity index (χ2v) is 7.79. The van der Waals surface area contributed by atoms with Gasteiger partial charge in [0.1, 0.15) is 17.3 Å². The average Bonchev–Trinajstić information content (AvgIpc) is 2.82. The Bertz CT molecular complexity index is 1320. The van der Waals surface area contributed by atoms with Crippen LogP contribution in [-0.2, 0) is 17.9 Å². The van der Waals surface area contributed by atoms with E-state index in [1.54, 1.807) is 41.2 Å². The van der Waals surface area contributed by atoms with Gasteiger partial charge in [0, 0.05) is 19.5 Å². The average molecular weight is 445 g/mol. The van der Waals surface area contributed by atoms with E-state index in [1.807, 2.05) is 31.2 Å². The Morgan fingerprint density at radius 3 is 2.45 bits per heavy atom. The van der Waals surface area contributed by atoms with Crippen molar-refractivity contribution in [2.45, 2.75) is 32.9 Å². The fraction of sp³-hybridized carbons (Fsp3) is 0.192. The third kappa shape index (κ3) is 5.63. The molecule has 1 heterocycles. The normalized spacial score (nSPS) is 10.8. The number of hydrogen-bond acceptors (Lipinski definition) is 4. The summed E-state index contributed by atoms with van der Waals surface area (Å²) in [5.41, 5.74) is 2.52. The van der Waals surface area contributed by atoms with Crippen molar-refractivity contribution in [3.05, 3.63) is 100 Å². The van der Waals surface area contributed by atoms with Gasteiger partial charge in [0.05, 0.1) is 17.2 Å². The summed E-state index contributed by atoms with van der Waals surface area (Å²) in [6.45, 7) is 2.75. The van der Waals surface area contributed by atoms with Gasteiger partial charge in [0.2, 0.25) is 5.91 Å². The van der Waals surface area contributed by atoms with Crippen LogP contribution in [0.15, 0.2) is 77.9 Å². The number of nitrogens with one attached hydrogen (secondary N) is 1. The molecular formula is C26H24FN3O3. The molecule has 0 radical (unpaired) electrons. The number of ether oxygens (including phenoxy) is 1. The molecule has 33 heavy (non-hydrogen) atoms. The maximum absolute atomic E-state index is 13.0. The van der Waals surface area contributed by atoms with Crippen molar-refractivity contribution < 1.29 is 13.9 Å². The van der Waals surface area contributed by atoms with Crippen LogP contribution in [0.5, 0.6) is 11.5 Å². The van der Waals surface area contributed by atoms with E-state index >= 15 is 0 Å².